The van der Waals surface area contributed by atoms with Crippen LogP contribution in [0.15, 0.2) is 18.2 Å². The summed E-state index contributed by atoms with van der Waals surface area (Å²) in [6.45, 7) is 5.23. The van der Waals surface area contributed by atoms with Gasteiger partial charge in [0.15, 0.2) is 0 Å². The molecule has 1 aromatic rings. The molecule has 0 spiro atoms. The van der Waals surface area contributed by atoms with E-state index in [1.54, 1.807) is 6.07 Å². The van der Waals surface area contributed by atoms with E-state index >= 15 is 0 Å². The largest absolute Gasteiger partial charge is 0.478 e. The van der Waals surface area contributed by atoms with Gasteiger partial charge in [-0.2, -0.15) is 0 Å². The van der Waals surface area contributed by atoms with Crippen molar-refractivity contribution in [1.29, 1.82) is 0 Å². The van der Waals surface area contributed by atoms with E-state index in [9.17, 15) is 9.18 Å². The van der Waals surface area contributed by atoms with E-state index in [0.29, 0.717) is 12.0 Å². The van der Waals surface area contributed by atoms with Crippen molar-refractivity contribution in [2.45, 2.75) is 39.2 Å². The number of hydrogen-bond donors (Lipinski definition) is 1. The van der Waals surface area contributed by atoms with Crippen LogP contribution < -0.4 is 4.90 Å². The normalized spacial score (nSPS) is 14.7. The Morgan fingerprint density at radius 3 is 2.63 bits per heavy atom. The number of nitrogens with zero attached hydrogens (tertiary/aromatic N) is 1. The van der Waals surface area contributed by atoms with Crippen LogP contribution in [0.4, 0.5) is 10.1 Å². The summed E-state index contributed by atoms with van der Waals surface area (Å²) in [4.78, 5) is 13.0. The van der Waals surface area contributed by atoms with E-state index in [4.69, 9.17) is 5.11 Å². The van der Waals surface area contributed by atoms with Crippen molar-refractivity contribution in [1.82, 2.24) is 0 Å². The number of hydrogen-bond acceptors (Lipinski definition) is 2. The van der Waals surface area contributed by atoms with E-state index in [1.165, 1.54) is 12.1 Å². The van der Waals surface area contributed by atoms with Crippen LogP contribution in [0.25, 0.3) is 0 Å². The van der Waals surface area contributed by atoms with Gasteiger partial charge in [-0.25, -0.2) is 9.18 Å². The predicted octanol–water partition coefficient (Wildman–Crippen LogP) is 3.54. The molecule has 19 heavy (non-hydrogen) atoms. The van der Waals surface area contributed by atoms with Gasteiger partial charge in [0, 0.05) is 18.3 Å². The number of carboxylic acid groups (broad SMARTS) is 1. The lowest BCUT2D eigenvalue weighted by molar-refractivity contribution is 0.0692. The first-order valence-electron chi connectivity index (χ1n) is 6.78. The first-order valence-corrected chi connectivity index (χ1v) is 6.78. The van der Waals surface area contributed by atoms with Crippen LogP contribution in [0.3, 0.4) is 0 Å². The summed E-state index contributed by atoms with van der Waals surface area (Å²) in [5, 5.41) is 8.84. The highest BCUT2D eigenvalue weighted by Gasteiger charge is 2.29. The molecule has 1 saturated carbocycles. The van der Waals surface area contributed by atoms with Crippen molar-refractivity contribution in [3.05, 3.63) is 29.6 Å². The zero-order valence-electron chi connectivity index (χ0n) is 11.4. The maximum absolute atomic E-state index is 13.7. The maximum atomic E-state index is 13.7. The molecule has 0 heterocycles. The van der Waals surface area contributed by atoms with E-state index in [1.807, 2.05) is 0 Å². The highest BCUT2D eigenvalue weighted by atomic mass is 19.1. The number of anilines is 1. The molecular weight excluding hydrogens is 245 g/mol. The second kappa shape index (κ2) is 5.59. The molecule has 1 N–H and O–H groups in total. The van der Waals surface area contributed by atoms with Crippen LogP contribution in [0.1, 0.15) is 43.5 Å². The van der Waals surface area contributed by atoms with Crippen LogP contribution in [0.2, 0.25) is 0 Å². The third kappa shape index (κ3) is 3.46. The second-order valence-electron chi connectivity index (χ2n) is 5.58. The van der Waals surface area contributed by atoms with Crippen LogP contribution in [-0.2, 0) is 0 Å². The van der Waals surface area contributed by atoms with Crippen LogP contribution in [0, 0.1) is 11.7 Å². The molecule has 4 heteroatoms. The molecule has 0 bridgehead atoms. The first kappa shape index (κ1) is 13.8. The van der Waals surface area contributed by atoms with Gasteiger partial charge < -0.3 is 10.0 Å². The molecular formula is C15H20FNO2. The summed E-state index contributed by atoms with van der Waals surface area (Å²) in [6.07, 6.45) is 3.33. The molecule has 0 saturated heterocycles. The fourth-order valence-electron chi connectivity index (χ4n) is 2.16. The first-order chi connectivity index (χ1) is 8.99. The number of aromatic carboxylic acids is 1. The molecule has 1 aliphatic carbocycles. The predicted molar refractivity (Wildman–Crippen MR) is 73.2 cm³/mol. The van der Waals surface area contributed by atoms with E-state index in [0.717, 1.165) is 31.5 Å². The van der Waals surface area contributed by atoms with Crippen molar-refractivity contribution >= 4 is 11.7 Å². The minimum atomic E-state index is -1.22. The zero-order valence-corrected chi connectivity index (χ0v) is 11.4. The van der Waals surface area contributed by atoms with Gasteiger partial charge in [0.25, 0.3) is 0 Å². The molecule has 1 aliphatic rings. The Morgan fingerprint density at radius 1 is 1.47 bits per heavy atom. The molecule has 2 rings (SSSR count). The lowest BCUT2D eigenvalue weighted by Crippen LogP contribution is -2.28. The van der Waals surface area contributed by atoms with Gasteiger partial charge >= 0.3 is 5.97 Å². The summed E-state index contributed by atoms with van der Waals surface area (Å²) < 4.78 is 13.7. The molecule has 0 aromatic heterocycles. The monoisotopic (exact) mass is 265 g/mol. The number of rotatable bonds is 6. The lowest BCUT2D eigenvalue weighted by Gasteiger charge is -2.25. The SMILES string of the molecule is CC(C)CCN(c1ccc(C(=O)O)c(F)c1)C1CC1. The highest BCUT2D eigenvalue weighted by molar-refractivity contribution is 5.88. The molecule has 1 aromatic carbocycles. The smallest absolute Gasteiger partial charge is 0.338 e. The number of halogens is 1. The number of carbonyl (C=O) groups is 1. The summed E-state index contributed by atoms with van der Waals surface area (Å²) in [7, 11) is 0. The highest BCUT2D eigenvalue weighted by Crippen LogP contribution is 2.33. The minimum absolute atomic E-state index is 0.261. The van der Waals surface area contributed by atoms with Gasteiger partial charge in [0.05, 0.1) is 5.56 Å². The number of benzene rings is 1. The Kier molecular flexibility index (Phi) is 4.08. The van der Waals surface area contributed by atoms with Crippen molar-refractivity contribution < 1.29 is 14.3 Å². The molecule has 0 atom stereocenters. The Balaban J connectivity index is 2.17. The maximum Gasteiger partial charge on any atom is 0.338 e. The second-order valence-corrected chi connectivity index (χ2v) is 5.58. The summed E-state index contributed by atoms with van der Waals surface area (Å²) in [5.41, 5.74) is 0.536. The Morgan fingerprint density at radius 2 is 2.16 bits per heavy atom. The fourth-order valence-corrected chi connectivity index (χ4v) is 2.16. The summed E-state index contributed by atoms with van der Waals surface area (Å²) >= 11 is 0. The molecule has 0 aliphatic heterocycles. The summed E-state index contributed by atoms with van der Waals surface area (Å²) in [5.74, 6) is -1.27. The molecule has 0 radical (unpaired) electrons. The van der Waals surface area contributed by atoms with Gasteiger partial charge in [0.2, 0.25) is 0 Å². The van der Waals surface area contributed by atoms with Gasteiger partial charge in [0.1, 0.15) is 5.82 Å². The van der Waals surface area contributed by atoms with Crippen LogP contribution in [-0.4, -0.2) is 23.7 Å². The van der Waals surface area contributed by atoms with Gasteiger partial charge in [-0.05, 0) is 43.4 Å². The third-order valence-electron chi connectivity index (χ3n) is 3.45. The molecule has 0 unspecified atom stereocenters. The van der Waals surface area contributed by atoms with Crippen LogP contribution in [0.5, 0.6) is 0 Å². The van der Waals surface area contributed by atoms with Crippen LogP contribution >= 0.6 is 0 Å². The average Bonchev–Trinajstić information content (AvgIpc) is 3.13. The Labute approximate surface area is 113 Å². The third-order valence-corrected chi connectivity index (χ3v) is 3.45. The zero-order chi connectivity index (χ0) is 14.0. The van der Waals surface area contributed by atoms with E-state index in [-0.39, 0.29) is 5.56 Å². The summed E-state index contributed by atoms with van der Waals surface area (Å²) in [6, 6.07) is 4.92. The average molecular weight is 265 g/mol. The van der Waals surface area contributed by atoms with E-state index < -0.39 is 11.8 Å². The standard InChI is InChI=1S/C15H20FNO2/c1-10(2)7-8-17(11-3-4-11)12-5-6-13(15(18)19)14(16)9-12/h5-6,9-11H,3-4,7-8H2,1-2H3,(H,18,19). The Bertz CT molecular complexity index is 469. The molecule has 3 nitrogen and oxygen atoms in total. The lowest BCUT2D eigenvalue weighted by atomic mass is 10.1. The van der Waals surface area contributed by atoms with Crippen molar-refractivity contribution in [2.75, 3.05) is 11.4 Å². The molecule has 0 amide bonds. The van der Waals surface area contributed by atoms with Gasteiger partial charge in [-0.3, -0.25) is 0 Å². The molecule has 1 fully saturated rings. The van der Waals surface area contributed by atoms with Gasteiger partial charge in [-0.1, -0.05) is 13.8 Å². The molecule has 104 valence electrons. The van der Waals surface area contributed by atoms with Crippen molar-refractivity contribution in [2.24, 2.45) is 5.92 Å². The fraction of sp³-hybridized carbons (Fsp3) is 0.533. The number of carboxylic acids is 1. The van der Waals surface area contributed by atoms with Gasteiger partial charge in [-0.15, -0.1) is 0 Å². The van der Waals surface area contributed by atoms with E-state index in [2.05, 4.69) is 18.7 Å². The Hall–Kier alpha value is -1.58. The quantitative estimate of drug-likeness (QED) is 0.855. The van der Waals surface area contributed by atoms with Crippen molar-refractivity contribution in [3.8, 4) is 0 Å². The van der Waals surface area contributed by atoms with Crippen molar-refractivity contribution in [3.63, 3.8) is 0 Å². The minimum Gasteiger partial charge on any atom is -0.478 e. The topological polar surface area (TPSA) is 40.5 Å².